The van der Waals surface area contributed by atoms with Gasteiger partial charge in [0, 0.05) is 19.6 Å². The van der Waals surface area contributed by atoms with Gasteiger partial charge in [0.15, 0.2) is 0 Å². The molecule has 0 aromatic heterocycles. The lowest BCUT2D eigenvalue weighted by molar-refractivity contribution is 0.580. The zero-order valence-corrected chi connectivity index (χ0v) is 12.5. The molecule has 110 valence electrons. The van der Waals surface area contributed by atoms with Crippen LogP contribution in [0, 0.1) is 0 Å². The summed E-state index contributed by atoms with van der Waals surface area (Å²) in [5, 5.41) is 3.28. The van der Waals surface area contributed by atoms with Crippen molar-refractivity contribution in [2.45, 2.75) is 25.4 Å². The fraction of sp³-hybridized carbons (Fsp3) is 0.250. The lowest BCUT2D eigenvalue weighted by Crippen LogP contribution is -2.24. The van der Waals surface area contributed by atoms with Crippen LogP contribution >= 0.6 is 0 Å². The molecule has 0 aliphatic carbocycles. The molecule has 3 rings (SSSR count). The molecule has 0 fully saturated rings. The second-order valence-electron chi connectivity index (χ2n) is 5.27. The number of hydrogen-bond acceptors (Lipinski definition) is 3. The van der Waals surface area contributed by atoms with E-state index in [0.29, 0.717) is 6.54 Å². The van der Waals surface area contributed by atoms with E-state index in [1.54, 1.807) is 0 Å². The van der Waals surface area contributed by atoms with Gasteiger partial charge in [-0.15, -0.1) is 0 Å². The highest BCUT2D eigenvalue weighted by Crippen LogP contribution is 2.17. The summed E-state index contributed by atoms with van der Waals surface area (Å²) >= 11 is 0. The average molecular weight is 302 g/mol. The zero-order valence-electron chi connectivity index (χ0n) is 11.7. The molecule has 2 aromatic rings. The Hall–Kier alpha value is -1.69. The summed E-state index contributed by atoms with van der Waals surface area (Å²) in [6.45, 7) is 2.09. The third kappa shape index (κ3) is 3.69. The van der Waals surface area contributed by atoms with E-state index in [1.807, 2.05) is 36.4 Å². The number of nitrogens with one attached hydrogen (secondary N) is 2. The van der Waals surface area contributed by atoms with Crippen LogP contribution in [0.3, 0.4) is 0 Å². The minimum atomic E-state index is -3.31. The van der Waals surface area contributed by atoms with Gasteiger partial charge in [-0.25, -0.2) is 13.1 Å². The first-order valence-corrected chi connectivity index (χ1v) is 8.60. The molecule has 2 aromatic carbocycles. The Morgan fingerprint density at radius 3 is 2.52 bits per heavy atom. The molecule has 0 saturated carbocycles. The quantitative estimate of drug-likeness (QED) is 0.887. The van der Waals surface area contributed by atoms with Crippen molar-refractivity contribution in [3.63, 3.8) is 0 Å². The molecule has 1 aliphatic rings. The van der Waals surface area contributed by atoms with Crippen LogP contribution in [0.1, 0.15) is 22.3 Å². The first kappa shape index (κ1) is 14.3. The van der Waals surface area contributed by atoms with Crippen LogP contribution in [0.2, 0.25) is 0 Å². The van der Waals surface area contributed by atoms with Gasteiger partial charge in [0.05, 0.1) is 5.75 Å². The van der Waals surface area contributed by atoms with E-state index in [2.05, 4.69) is 22.2 Å². The largest absolute Gasteiger partial charge is 0.309 e. The molecule has 0 bridgehead atoms. The summed E-state index contributed by atoms with van der Waals surface area (Å²) < 4.78 is 26.8. The molecule has 4 nitrogen and oxygen atoms in total. The first-order valence-electron chi connectivity index (χ1n) is 6.95. The molecule has 0 spiro atoms. The molecular formula is C16H18N2O2S. The second-order valence-corrected chi connectivity index (χ2v) is 7.08. The first-order chi connectivity index (χ1) is 10.1. The van der Waals surface area contributed by atoms with Crippen molar-refractivity contribution in [2.24, 2.45) is 0 Å². The minimum absolute atomic E-state index is 0.0142. The van der Waals surface area contributed by atoms with Gasteiger partial charge in [-0.3, -0.25) is 0 Å². The van der Waals surface area contributed by atoms with Crippen LogP contribution in [0.4, 0.5) is 0 Å². The monoisotopic (exact) mass is 302 g/mol. The van der Waals surface area contributed by atoms with Gasteiger partial charge >= 0.3 is 0 Å². The maximum absolute atomic E-state index is 12.1. The maximum atomic E-state index is 12.1. The third-order valence-corrected chi connectivity index (χ3v) is 4.89. The smallest absolute Gasteiger partial charge is 0.216 e. The Morgan fingerprint density at radius 1 is 0.952 bits per heavy atom. The molecule has 5 heteroatoms. The van der Waals surface area contributed by atoms with Gasteiger partial charge in [-0.1, -0.05) is 48.5 Å². The van der Waals surface area contributed by atoms with Gasteiger partial charge in [0.1, 0.15) is 0 Å². The molecule has 21 heavy (non-hydrogen) atoms. The number of sulfonamides is 1. The van der Waals surface area contributed by atoms with E-state index < -0.39 is 10.0 Å². The molecule has 1 heterocycles. The molecule has 0 atom stereocenters. The third-order valence-electron chi connectivity index (χ3n) is 3.60. The minimum Gasteiger partial charge on any atom is -0.309 e. The van der Waals surface area contributed by atoms with Crippen molar-refractivity contribution in [3.05, 3.63) is 70.8 Å². The fourth-order valence-electron chi connectivity index (χ4n) is 2.50. The predicted molar refractivity (Wildman–Crippen MR) is 82.9 cm³/mol. The van der Waals surface area contributed by atoms with Crippen LogP contribution in [-0.4, -0.2) is 8.42 Å². The van der Waals surface area contributed by atoms with Crippen molar-refractivity contribution in [1.82, 2.24) is 10.0 Å². The SMILES string of the molecule is O=S(=O)(Cc1ccccc1)NCc1ccc2c(c1)CNC2. The van der Waals surface area contributed by atoms with E-state index in [9.17, 15) is 8.42 Å². The average Bonchev–Trinajstić information content (AvgIpc) is 2.93. The van der Waals surface area contributed by atoms with Gasteiger partial charge in [-0.2, -0.15) is 0 Å². The van der Waals surface area contributed by atoms with E-state index in [4.69, 9.17) is 0 Å². The van der Waals surface area contributed by atoms with E-state index in [1.165, 1.54) is 11.1 Å². The van der Waals surface area contributed by atoms with Crippen LogP contribution in [0.5, 0.6) is 0 Å². The normalized spacial score (nSPS) is 14.1. The van der Waals surface area contributed by atoms with Gasteiger partial charge in [-0.05, 0) is 22.3 Å². The van der Waals surface area contributed by atoms with E-state index in [0.717, 1.165) is 24.2 Å². The lowest BCUT2D eigenvalue weighted by Gasteiger charge is -2.08. The van der Waals surface area contributed by atoms with Gasteiger partial charge < -0.3 is 5.32 Å². The van der Waals surface area contributed by atoms with Crippen molar-refractivity contribution >= 4 is 10.0 Å². The summed E-state index contributed by atoms with van der Waals surface area (Å²) in [6.07, 6.45) is 0. The summed E-state index contributed by atoms with van der Waals surface area (Å²) in [6, 6.07) is 15.3. The van der Waals surface area contributed by atoms with E-state index in [-0.39, 0.29) is 5.75 Å². The van der Waals surface area contributed by atoms with Crippen LogP contribution in [0.25, 0.3) is 0 Å². The predicted octanol–water partition coefficient (Wildman–Crippen LogP) is 1.91. The highest BCUT2D eigenvalue weighted by molar-refractivity contribution is 7.88. The Morgan fingerprint density at radius 2 is 1.71 bits per heavy atom. The molecule has 0 radical (unpaired) electrons. The van der Waals surface area contributed by atoms with Crippen LogP contribution < -0.4 is 10.0 Å². The molecule has 2 N–H and O–H groups in total. The van der Waals surface area contributed by atoms with Gasteiger partial charge in [0.25, 0.3) is 0 Å². The Labute approximate surface area is 125 Å². The lowest BCUT2D eigenvalue weighted by atomic mass is 10.1. The Bertz CT molecular complexity index is 727. The summed E-state index contributed by atoms with van der Waals surface area (Å²) in [4.78, 5) is 0. The molecule has 0 unspecified atom stereocenters. The summed E-state index contributed by atoms with van der Waals surface area (Å²) in [5.74, 6) is 0.0142. The van der Waals surface area contributed by atoms with Crippen LogP contribution in [-0.2, 0) is 35.4 Å². The molecule has 0 amide bonds. The standard InChI is InChI=1S/C16H18N2O2S/c19-21(20,12-13-4-2-1-3-5-13)18-9-14-6-7-15-10-17-11-16(15)8-14/h1-8,17-18H,9-12H2. The van der Waals surface area contributed by atoms with Crippen molar-refractivity contribution < 1.29 is 8.42 Å². The number of fused-ring (bicyclic) bond motifs is 1. The van der Waals surface area contributed by atoms with Crippen molar-refractivity contribution in [3.8, 4) is 0 Å². The Kier molecular flexibility index (Phi) is 4.05. The molecular weight excluding hydrogens is 284 g/mol. The molecule has 1 aliphatic heterocycles. The topological polar surface area (TPSA) is 58.2 Å². The molecule has 0 saturated heterocycles. The highest BCUT2D eigenvalue weighted by atomic mass is 32.2. The number of rotatable bonds is 5. The second kappa shape index (κ2) is 5.97. The number of hydrogen-bond donors (Lipinski definition) is 2. The van der Waals surface area contributed by atoms with Gasteiger partial charge in [0.2, 0.25) is 10.0 Å². The van der Waals surface area contributed by atoms with Crippen molar-refractivity contribution in [1.29, 1.82) is 0 Å². The maximum Gasteiger partial charge on any atom is 0.216 e. The van der Waals surface area contributed by atoms with E-state index >= 15 is 0 Å². The fourth-order valence-corrected chi connectivity index (χ4v) is 3.62. The highest BCUT2D eigenvalue weighted by Gasteiger charge is 2.13. The van der Waals surface area contributed by atoms with Crippen LogP contribution in [0.15, 0.2) is 48.5 Å². The summed E-state index contributed by atoms with van der Waals surface area (Å²) in [5.41, 5.74) is 4.35. The zero-order chi connectivity index (χ0) is 14.7. The summed E-state index contributed by atoms with van der Waals surface area (Å²) in [7, 11) is -3.31. The van der Waals surface area contributed by atoms with Crippen molar-refractivity contribution in [2.75, 3.05) is 0 Å². The number of benzene rings is 2. The Balaban J connectivity index is 1.64.